The van der Waals surface area contributed by atoms with Crippen molar-refractivity contribution in [2.75, 3.05) is 29.9 Å². The Hall–Kier alpha value is -3.61. The molecule has 0 bridgehead atoms. The molecule has 1 N–H and O–H groups in total. The molecule has 1 fully saturated rings. The normalized spacial score (nSPS) is 13.3. The molecule has 7 nitrogen and oxygen atoms in total. The molecule has 0 spiro atoms. The minimum absolute atomic E-state index is 0.181. The highest BCUT2D eigenvalue weighted by atomic mass is 16.5. The molecule has 1 aliphatic rings. The lowest BCUT2D eigenvalue weighted by Crippen LogP contribution is -2.28. The van der Waals surface area contributed by atoms with Crippen molar-refractivity contribution in [2.24, 2.45) is 0 Å². The first-order chi connectivity index (χ1) is 15.1. The average Bonchev–Trinajstić information content (AvgIpc) is 3.30. The number of aromatic nitrogens is 2. The lowest BCUT2D eigenvalue weighted by molar-refractivity contribution is 0.101. The van der Waals surface area contributed by atoms with Gasteiger partial charge in [0, 0.05) is 30.5 Å². The van der Waals surface area contributed by atoms with E-state index in [2.05, 4.69) is 22.2 Å². The number of nitrogens with zero attached hydrogens (tertiary/aromatic N) is 3. The first-order valence-electron chi connectivity index (χ1n) is 10.5. The highest BCUT2D eigenvalue weighted by molar-refractivity contribution is 6.02. The third-order valence-electron chi connectivity index (χ3n) is 5.32. The molecule has 3 aromatic rings. The fourth-order valence-electron chi connectivity index (χ4n) is 3.74. The summed E-state index contributed by atoms with van der Waals surface area (Å²) in [7, 11) is 0. The standard InChI is InChI=1S/C24H26N4O3/c1-18-17-19(9-11-22(18)27-13-5-6-14-27)25-24(30)21-10-12-23(29)28(26-21)15-16-31-20-7-3-2-4-8-20/h2-4,7-12,17H,5-6,13-16H2,1H3,(H,25,30). The van der Waals surface area contributed by atoms with Gasteiger partial charge < -0.3 is 15.0 Å². The number of aryl methyl sites for hydroxylation is 1. The molecule has 1 aromatic heterocycles. The Morgan fingerprint density at radius 1 is 1.06 bits per heavy atom. The van der Waals surface area contributed by atoms with Gasteiger partial charge in [-0.1, -0.05) is 18.2 Å². The Kier molecular flexibility index (Phi) is 6.31. The Morgan fingerprint density at radius 3 is 2.58 bits per heavy atom. The van der Waals surface area contributed by atoms with E-state index in [9.17, 15) is 9.59 Å². The van der Waals surface area contributed by atoms with Crippen LogP contribution in [0.3, 0.4) is 0 Å². The van der Waals surface area contributed by atoms with E-state index in [0.29, 0.717) is 5.69 Å². The van der Waals surface area contributed by atoms with Crippen molar-refractivity contribution in [3.05, 3.63) is 82.3 Å². The van der Waals surface area contributed by atoms with E-state index in [4.69, 9.17) is 4.74 Å². The highest BCUT2D eigenvalue weighted by Crippen LogP contribution is 2.26. The summed E-state index contributed by atoms with van der Waals surface area (Å²) in [4.78, 5) is 27.2. The van der Waals surface area contributed by atoms with Gasteiger partial charge in [-0.05, 0) is 61.7 Å². The SMILES string of the molecule is Cc1cc(NC(=O)c2ccc(=O)n(CCOc3ccccc3)n2)ccc1N1CCCC1. The summed E-state index contributed by atoms with van der Waals surface area (Å²) in [5.41, 5.74) is 2.94. The monoisotopic (exact) mass is 418 g/mol. The van der Waals surface area contributed by atoms with Crippen molar-refractivity contribution >= 4 is 17.3 Å². The number of anilines is 2. The van der Waals surface area contributed by atoms with Crippen LogP contribution in [0.4, 0.5) is 11.4 Å². The van der Waals surface area contributed by atoms with E-state index in [-0.39, 0.29) is 30.3 Å². The molecule has 2 heterocycles. The van der Waals surface area contributed by atoms with Gasteiger partial charge in [-0.3, -0.25) is 9.59 Å². The second-order valence-electron chi connectivity index (χ2n) is 7.59. The molecule has 0 unspecified atom stereocenters. The van der Waals surface area contributed by atoms with Gasteiger partial charge in [-0.25, -0.2) is 4.68 Å². The first-order valence-corrected chi connectivity index (χ1v) is 10.5. The molecule has 1 amide bonds. The Balaban J connectivity index is 1.40. The number of amides is 1. The number of hydrogen-bond acceptors (Lipinski definition) is 5. The summed E-state index contributed by atoms with van der Waals surface area (Å²) in [6.07, 6.45) is 2.44. The molecular formula is C24H26N4O3. The molecule has 4 rings (SSSR count). The third kappa shape index (κ3) is 5.12. The first kappa shape index (κ1) is 20.7. The zero-order chi connectivity index (χ0) is 21.6. The molecular weight excluding hydrogens is 392 g/mol. The number of benzene rings is 2. The van der Waals surface area contributed by atoms with E-state index in [0.717, 1.165) is 24.4 Å². The molecule has 160 valence electrons. The Labute approximate surface area is 181 Å². The molecule has 1 aliphatic heterocycles. The van der Waals surface area contributed by atoms with Crippen LogP contribution < -0.4 is 20.5 Å². The number of carbonyl (C=O) groups excluding carboxylic acids is 1. The lowest BCUT2D eigenvalue weighted by Gasteiger charge is -2.20. The smallest absolute Gasteiger partial charge is 0.276 e. The van der Waals surface area contributed by atoms with Crippen LogP contribution in [-0.2, 0) is 6.54 Å². The molecule has 0 saturated carbocycles. The van der Waals surface area contributed by atoms with Crippen molar-refractivity contribution in [1.82, 2.24) is 9.78 Å². The number of carbonyl (C=O) groups is 1. The maximum absolute atomic E-state index is 12.7. The minimum Gasteiger partial charge on any atom is -0.492 e. The summed E-state index contributed by atoms with van der Waals surface area (Å²) in [6, 6.07) is 18.1. The minimum atomic E-state index is -0.356. The van der Waals surface area contributed by atoms with Gasteiger partial charge in [0.15, 0.2) is 0 Å². The van der Waals surface area contributed by atoms with E-state index >= 15 is 0 Å². The molecule has 7 heteroatoms. The van der Waals surface area contributed by atoms with Crippen molar-refractivity contribution in [3.8, 4) is 5.75 Å². The maximum Gasteiger partial charge on any atom is 0.276 e. The number of hydrogen-bond donors (Lipinski definition) is 1. The molecule has 1 saturated heterocycles. The number of rotatable bonds is 7. The fraction of sp³-hybridized carbons (Fsp3) is 0.292. The van der Waals surface area contributed by atoms with Crippen LogP contribution in [0.25, 0.3) is 0 Å². The van der Waals surface area contributed by atoms with Crippen molar-refractivity contribution in [2.45, 2.75) is 26.3 Å². The highest BCUT2D eigenvalue weighted by Gasteiger charge is 2.15. The van der Waals surface area contributed by atoms with Gasteiger partial charge in [-0.2, -0.15) is 5.10 Å². The van der Waals surface area contributed by atoms with Crippen molar-refractivity contribution in [1.29, 1.82) is 0 Å². The van der Waals surface area contributed by atoms with Gasteiger partial charge in [0.1, 0.15) is 18.1 Å². The molecule has 2 aromatic carbocycles. The van der Waals surface area contributed by atoms with Gasteiger partial charge in [-0.15, -0.1) is 0 Å². The summed E-state index contributed by atoms with van der Waals surface area (Å²) in [6.45, 7) is 4.73. The summed E-state index contributed by atoms with van der Waals surface area (Å²) in [5, 5.41) is 7.09. The second-order valence-corrected chi connectivity index (χ2v) is 7.59. The zero-order valence-corrected chi connectivity index (χ0v) is 17.6. The summed E-state index contributed by atoms with van der Waals surface area (Å²) < 4.78 is 6.87. The van der Waals surface area contributed by atoms with Crippen molar-refractivity contribution < 1.29 is 9.53 Å². The number of ether oxygens (including phenoxy) is 1. The molecule has 31 heavy (non-hydrogen) atoms. The zero-order valence-electron chi connectivity index (χ0n) is 17.6. The van der Waals surface area contributed by atoms with Crippen LogP contribution in [0, 0.1) is 6.92 Å². The predicted molar refractivity (Wildman–Crippen MR) is 121 cm³/mol. The van der Waals surface area contributed by atoms with Gasteiger partial charge in [0.2, 0.25) is 0 Å². The van der Waals surface area contributed by atoms with E-state index in [1.807, 2.05) is 48.5 Å². The third-order valence-corrected chi connectivity index (χ3v) is 5.32. The second kappa shape index (κ2) is 9.47. The van der Waals surface area contributed by atoms with Gasteiger partial charge >= 0.3 is 0 Å². The maximum atomic E-state index is 12.7. The average molecular weight is 418 g/mol. The van der Waals surface area contributed by atoms with Crippen LogP contribution in [0.15, 0.2) is 65.5 Å². The summed E-state index contributed by atoms with van der Waals surface area (Å²) >= 11 is 0. The largest absolute Gasteiger partial charge is 0.492 e. The molecule has 0 atom stereocenters. The quantitative estimate of drug-likeness (QED) is 0.636. The van der Waals surface area contributed by atoms with Crippen molar-refractivity contribution in [3.63, 3.8) is 0 Å². The van der Waals surface area contributed by atoms with Crippen LogP contribution in [-0.4, -0.2) is 35.4 Å². The molecule has 0 radical (unpaired) electrons. The van der Waals surface area contributed by atoms with Crippen LogP contribution >= 0.6 is 0 Å². The van der Waals surface area contributed by atoms with Crippen LogP contribution in [0.2, 0.25) is 0 Å². The van der Waals surface area contributed by atoms with Gasteiger partial charge in [0.25, 0.3) is 11.5 Å². The number of para-hydroxylation sites is 1. The van der Waals surface area contributed by atoms with E-state index < -0.39 is 0 Å². The van der Waals surface area contributed by atoms with E-state index in [1.54, 1.807) is 0 Å². The summed E-state index contributed by atoms with van der Waals surface area (Å²) in [5.74, 6) is 0.364. The fourth-order valence-corrected chi connectivity index (χ4v) is 3.74. The lowest BCUT2D eigenvalue weighted by atomic mass is 10.1. The number of nitrogens with one attached hydrogen (secondary N) is 1. The predicted octanol–water partition coefficient (Wildman–Crippen LogP) is 3.48. The van der Waals surface area contributed by atoms with Gasteiger partial charge in [0.05, 0.1) is 6.54 Å². The van der Waals surface area contributed by atoms with Crippen LogP contribution in [0.5, 0.6) is 5.75 Å². The van der Waals surface area contributed by atoms with E-state index in [1.165, 1.54) is 35.3 Å². The Morgan fingerprint density at radius 2 is 1.84 bits per heavy atom. The molecule has 0 aliphatic carbocycles. The van der Waals surface area contributed by atoms with Crippen LogP contribution in [0.1, 0.15) is 28.9 Å². The topological polar surface area (TPSA) is 76.5 Å². The Bertz CT molecular complexity index is 1110.